The van der Waals surface area contributed by atoms with Crippen molar-refractivity contribution < 1.29 is 114 Å². The van der Waals surface area contributed by atoms with Gasteiger partial charge in [-0.05, 0) is 80.0 Å². The fraction of sp³-hybridized carbons (Fsp3) is 0.211. The molecule has 430 valence electrons. The number of carbonyl (C=O) groups excluding carboxylic acids is 4. The SMILES string of the molecule is C1=CSC(=C2SC=C(/C=C/c3ccncc3)S2)S1.C1=CSC(=C2SC=C(/C=C/c3ccncc3)S2)S1.ClCCl.ClCCl.F[P-](F)(F)(F)(F)F.O=C(CC(=O)C(F)(F)F)C(F)(F)F.O=C(CC(=O)C(F)(F)F)C(F)(F)F.[Cu+]. The van der Waals surface area contributed by atoms with Crippen LogP contribution in [0.15, 0.2) is 120 Å². The van der Waals surface area contributed by atoms with E-state index in [1.165, 1.54) is 37.9 Å². The van der Waals surface area contributed by atoms with Crippen molar-refractivity contribution in [3.8, 4) is 0 Å². The van der Waals surface area contributed by atoms with E-state index in [1.807, 2.05) is 143 Å². The monoisotopic (exact) mass is 1410 g/mol. The van der Waals surface area contributed by atoms with Crippen molar-refractivity contribution in [1.82, 2.24) is 9.97 Å². The summed E-state index contributed by atoms with van der Waals surface area (Å²) >= 11 is 33.6. The van der Waals surface area contributed by atoms with Crippen LogP contribution < -0.4 is 0 Å². The van der Waals surface area contributed by atoms with Gasteiger partial charge in [-0.3, -0.25) is 29.1 Å². The van der Waals surface area contributed by atoms with Gasteiger partial charge in [-0.15, -0.1) is 46.4 Å². The standard InChI is InChI=1S/2C13H9NS4.2C5H2F6O2.2CH2Cl2.Cu.F6P/c2*1(10-3-5-14-6-4-10)2-11-9-17-13(18-11)12-15-7-8-16-12;2*6-4(7,8)2(12)1-3(13)5(9,10)11;2*2-1-3;;1-7(2,3,4,5)6/h2*1-9H;2*1H2;2*1H2;;/q;;;;;;+1;-1/b2*2-1+;;;;;;. The number of thioether (sulfide) groups is 8. The maximum Gasteiger partial charge on any atom is 1.00 e. The molecule has 2 aromatic rings. The fourth-order valence-electron chi connectivity index (χ4n) is 3.46. The third-order valence-electron chi connectivity index (χ3n) is 6.33. The average molecular weight is 1410 g/mol. The zero-order chi connectivity index (χ0) is 58.0. The summed E-state index contributed by atoms with van der Waals surface area (Å²) in [5.41, 5.74) is 2.37. The molecule has 0 saturated carbocycles. The van der Waals surface area contributed by atoms with Gasteiger partial charge in [-0.2, -0.15) is 52.7 Å². The van der Waals surface area contributed by atoms with Crippen LogP contribution in [-0.2, 0) is 36.2 Å². The van der Waals surface area contributed by atoms with Gasteiger partial charge >= 0.3 is 74.8 Å². The normalized spacial score (nSPS) is 16.0. The summed E-state index contributed by atoms with van der Waals surface area (Å²) in [7, 11) is -10.7. The topological polar surface area (TPSA) is 94.1 Å². The predicted octanol–water partition coefficient (Wildman–Crippen LogP) is 20.5. The zero-order valence-corrected chi connectivity index (χ0v) is 47.5. The van der Waals surface area contributed by atoms with E-state index in [1.54, 1.807) is 0 Å². The van der Waals surface area contributed by atoms with Crippen molar-refractivity contribution in [3.63, 3.8) is 0 Å². The Morgan fingerprint density at radius 3 is 0.868 bits per heavy atom. The Morgan fingerprint density at radius 2 is 0.658 bits per heavy atom. The van der Waals surface area contributed by atoms with E-state index in [9.17, 15) is 97.0 Å². The van der Waals surface area contributed by atoms with Gasteiger partial charge in [0.25, 0.3) is 0 Å². The summed E-state index contributed by atoms with van der Waals surface area (Å²) in [5, 5.41) is 13.4. The number of pyridine rings is 2. The Bertz CT molecular complexity index is 2250. The molecule has 0 spiro atoms. The third-order valence-corrected chi connectivity index (χ3v) is 16.3. The maximum absolute atomic E-state index is 11.3. The second-order valence-corrected chi connectivity index (χ2v) is 24.2. The second kappa shape index (κ2) is 34.7. The first-order valence-corrected chi connectivity index (χ1v) is 29.2. The minimum absolute atomic E-state index is 0. The van der Waals surface area contributed by atoms with Gasteiger partial charge in [0.2, 0.25) is 23.1 Å². The van der Waals surface area contributed by atoms with Crippen molar-refractivity contribution in [1.29, 1.82) is 0 Å². The van der Waals surface area contributed by atoms with Gasteiger partial charge < -0.3 is 0 Å². The molecule has 2 aromatic heterocycles. The molecule has 0 atom stereocenters. The molecular formula is C38H26Cl4CuF18N2O4PS8. The van der Waals surface area contributed by atoms with Crippen LogP contribution in [0.1, 0.15) is 24.0 Å². The van der Waals surface area contributed by atoms with Gasteiger partial charge in [0, 0.05) is 34.6 Å². The maximum atomic E-state index is 11.3. The van der Waals surface area contributed by atoms with Crippen molar-refractivity contribution in [3.05, 3.63) is 132 Å². The quantitative estimate of drug-likeness (QED) is 0.0825. The number of ketones is 4. The van der Waals surface area contributed by atoms with Crippen molar-refractivity contribution in [2.75, 3.05) is 10.7 Å². The van der Waals surface area contributed by atoms with E-state index in [-0.39, 0.29) is 27.7 Å². The Kier molecular flexibility index (Phi) is 35.0. The number of hydrogen-bond donors (Lipinski definition) is 0. The van der Waals surface area contributed by atoms with E-state index < -0.39 is 68.5 Å². The Balaban J connectivity index is 0. The second-order valence-electron chi connectivity index (χ2n) is 12.1. The Morgan fingerprint density at radius 1 is 0.434 bits per heavy atom. The first-order chi connectivity index (χ1) is 34.2. The molecule has 38 heteroatoms. The molecule has 0 bridgehead atoms. The smallest absolute Gasteiger partial charge is 0.289 e. The molecule has 0 aromatic carbocycles. The molecule has 0 amide bonds. The van der Waals surface area contributed by atoms with E-state index in [2.05, 4.69) is 66.7 Å². The van der Waals surface area contributed by atoms with Crippen LogP contribution >= 0.6 is 148 Å². The van der Waals surface area contributed by atoms with Gasteiger partial charge in [0.05, 0.1) is 40.5 Å². The third kappa shape index (κ3) is 39.8. The van der Waals surface area contributed by atoms with Gasteiger partial charge in [-0.1, -0.05) is 106 Å². The largest absolute Gasteiger partial charge is 1.00 e. The van der Waals surface area contributed by atoms with Gasteiger partial charge in [-0.25, -0.2) is 0 Å². The van der Waals surface area contributed by atoms with E-state index in [0.717, 1.165) is 0 Å². The van der Waals surface area contributed by atoms with Crippen LogP contribution in [0.4, 0.5) is 77.9 Å². The average Bonchev–Trinajstić information content (AvgIpc) is 4.13. The number of carbonyl (C=O) groups is 4. The molecule has 6 nitrogen and oxygen atoms in total. The van der Waals surface area contributed by atoms with Gasteiger partial charge in [0.1, 0.15) is 0 Å². The summed E-state index contributed by atoms with van der Waals surface area (Å²) < 4.78 is 201. The number of alkyl halides is 16. The van der Waals surface area contributed by atoms with Crippen LogP contribution in [-0.4, -0.2) is 68.5 Å². The number of nitrogens with zero attached hydrogens (tertiary/aromatic N) is 2. The van der Waals surface area contributed by atoms with Crippen LogP contribution in [0, 0.1) is 0 Å². The molecule has 0 saturated heterocycles. The molecule has 0 fully saturated rings. The summed E-state index contributed by atoms with van der Waals surface area (Å²) in [6.45, 7) is 0. The number of allylic oxidation sites excluding steroid dienone is 2. The minimum atomic E-state index is -10.7. The van der Waals surface area contributed by atoms with E-state index in [4.69, 9.17) is 46.4 Å². The summed E-state index contributed by atoms with van der Waals surface area (Å²) in [6.07, 6.45) is -10.1. The van der Waals surface area contributed by atoms with Crippen molar-refractivity contribution in [2.45, 2.75) is 37.5 Å². The number of halogens is 22. The molecular weight excluding hydrogens is 1380 g/mol. The Hall–Kier alpha value is -1.45. The summed E-state index contributed by atoms with van der Waals surface area (Å²) in [4.78, 5) is 50.1. The molecule has 6 heterocycles. The fourth-order valence-corrected chi connectivity index (χ4v) is 12.2. The first-order valence-electron chi connectivity index (χ1n) is 18.1. The van der Waals surface area contributed by atoms with Crippen LogP contribution in [0.2, 0.25) is 0 Å². The zero-order valence-electron chi connectivity index (χ0n) is 36.1. The van der Waals surface area contributed by atoms with Crippen molar-refractivity contribution in [2.24, 2.45) is 0 Å². The molecule has 0 N–H and O–H groups in total. The minimum Gasteiger partial charge on any atom is -0.289 e. The molecule has 6 rings (SSSR count). The predicted molar refractivity (Wildman–Crippen MR) is 276 cm³/mol. The molecule has 0 aliphatic carbocycles. The molecule has 0 radical (unpaired) electrons. The summed E-state index contributed by atoms with van der Waals surface area (Å²) in [6, 6.07) is 8.04. The van der Waals surface area contributed by atoms with E-state index in [0.29, 0.717) is 0 Å². The Labute approximate surface area is 483 Å². The first kappa shape index (κ1) is 76.6. The van der Waals surface area contributed by atoms with Crippen LogP contribution in [0.3, 0.4) is 0 Å². The number of aromatic nitrogens is 2. The summed E-state index contributed by atoms with van der Waals surface area (Å²) in [5.74, 6) is -10.8. The molecule has 4 aliphatic heterocycles. The van der Waals surface area contributed by atoms with Crippen LogP contribution in [0.5, 0.6) is 0 Å². The molecule has 76 heavy (non-hydrogen) atoms. The van der Waals surface area contributed by atoms with Crippen molar-refractivity contribution >= 4 is 184 Å². The number of rotatable bonds is 8. The van der Waals surface area contributed by atoms with Gasteiger partial charge in [0.15, 0.2) is 0 Å². The molecule has 4 aliphatic rings. The number of Topliss-reactive ketones (excluding diaryl/α,β-unsaturated/α-hetero) is 4. The number of hydrogen-bond acceptors (Lipinski definition) is 14. The van der Waals surface area contributed by atoms with E-state index >= 15 is 0 Å². The van der Waals surface area contributed by atoms with Crippen LogP contribution in [0.25, 0.3) is 12.2 Å². The molecule has 0 unspecified atom stereocenters.